The van der Waals surface area contributed by atoms with Gasteiger partial charge in [-0.1, -0.05) is 199 Å². The molecule has 0 unspecified atom stereocenters. The number of aliphatic hydroxyl groups is 1. The van der Waals surface area contributed by atoms with Gasteiger partial charge in [-0.3, -0.25) is 14.8 Å². The van der Waals surface area contributed by atoms with Crippen molar-refractivity contribution in [3.8, 4) is 33.0 Å². The van der Waals surface area contributed by atoms with Crippen molar-refractivity contribution in [2.75, 3.05) is 0 Å². The molecule has 6 aromatic carbocycles. The zero-order valence-electron chi connectivity index (χ0n) is 55.1. The average Bonchev–Trinajstić information content (AvgIpc) is 1.86. The van der Waals surface area contributed by atoms with E-state index in [1.54, 1.807) is 0 Å². The van der Waals surface area contributed by atoms with Crippen molar-refractivity contribution in [1.82, 2.24) is 9.97 Å². The molecule has 0 amide bonds. The first-order chi connectivity index (χ1) is 40.7. The van der Waals surface area contributed by atoms with Crippen molar-refractivity contribution in [3.63, 3.8) is 0 Å². The largest absolute Gasteiger partial charge is 0.512 e. The molecule has 0 atom stereocenters. The maximum Gasteiger partial charge on any atom is 0.162 e. The molecule has 1 fully saturated rings. The van der Waals surface area contributed by atoms with Crippen molar-refractivity contribution >= 4 is 80.3 Å². The van der Waals surface area contributed by atoms with Crippen molar-refractivity contribution in [1.29, 1.82) is 0 Å². The van der Waals surface area contributed by atoms with Crippen LogP contribution < -0.4 is 0 Å². The normalized spacial score (nSPS) is 14.2. The van der Waals surface area contributed by atoms with Crippen molar-refractivity contribution in [2.45, 2.75) is 192 Å². The SMILES string of the molecule is CCC(CC)C(=O)/C=C(\O)C(CC)CC.Cc1c(-c2ccc(C3CCC(C)(C)CC3)cc2)sc2c(-c3[c-]c4ccccc4c(C(C)(C)C)c3)nccc12.Cc1c(CC(C)(C)C)ccc2c1sc1c(-c3[c-]c4ccccc4c(C(C)(C)C)c3)nccc12.[Ir]. The van der Waals surface area contributed by atoms with E-state index in [-0.39, 0.29) is 59.7 Å². The van der Waals surface area contributed by atoms with Crippen LogP contribution in [0.1, 0.15) is 195 Å². The number of carbonyl (C=O) groups is 1. The van der Waals surface area contributed by atoms with Gasteiger partial charge >= 0.3 is 0 Å². The number of pyridine rings is 2. The third kappa shape index (κ3) is 15.1. The molecule has 0 aliphatic heterocycles. The van der Waals surface area contributed by atoms with Crippen LogP contribution in [0.2, 0.25) is 0 Å². The number of thiophene rings is 2. The summed E-state index contributed by atoms with van der Waals surface area (Å²) in [6.07, 6.45) is 15.2. The smallest absolute Gasteiger partial charge is 0.162 e. The average molecular weight is 1370 g/mol. The first-order valence-electron chi connectivity index (χ1n) is 31.9. The van der Waals surface area contributed by atoms with Gasteiger partial charge in [0.25, 0.3) is 0 Å². The summed E-state index contributed by atoms with van der Waals surface area (Å²) in [7, 11) is 0. The van der Waals surface area contributed by atoms with E-state index < -0.39 is 0 Å². The van der Waals surface area contributed by atoms with Crippen molar-refractivity contribution < 1.29 is 30.0 Å². The Morgan fingerprint density at radius 1 is 0.609 bits per heavy atom. The number of nitrogens with zero attached hydrogens (tertiary/aromatic N) is 2. The Balaban J connectivity index is 0.000000184. The molecule has 0 bridgehead atoms. The summed E-state index contributed by atoms with van der Waals surface area (Å²) in [6.45, 7) is 38.1. The van der Waals surface area contributed by atoms with Gasteiger partial charge in [-0.15, -0.1) is 81.0 Å². The predicted octanol–water partition coefficient (Wildman–Crippen LogP) is 24.0. The maximum atomic E-state index is 11.7. The molecule has 87 heavy (non-hydrogen) atoms. The first kappa shape index (κ1) is 67.1. The number of fused-ring (bicyclic) bond motifs is 6. The van der Waals surface area contributed by atoms with Gasteiger partial charge in [0.2, 0.25) is 0 Å². The third-order valence-electron chi connectivity index (χ3n) is 18.2. The third-order valence-corrected chi connectivity index (χ3v) is 20.9. The Labute approximate surface area is 543 Å². The van der Waals surface area contributed by atoms with E-state index >= 15 is 0 Å². The quantitative estimate of drug-likeness (QED) is 0.0752. The molecule has 459 valence electrons. The molecule has 4 aromatic heterocycles. The van der Waals surface area contributed by atoms with Gasteiger partial charge < -0.3 is 5.11 Å². The number of aliphatic hydroxyl groups excluding tert-OH is 1. The Morgan fingerprint density at radius 2 is 1.09 bits per heavy atom. The summed E-state index contributed by atoms with van der Waals surface area (Å²) < 4.78 is 3.90. The number of hydrogen-bond acceptors (Lipinski definition) is 6. The molecule has 1 aliphatic rings. The molecule has 4 heterocycles. The number of aryl methyl sites for hydroxylation is 2. The number of ketones is 1. The molecule has 1 N–H and O–H groups in total. The molecule has 1 radical (unpaired) electrons. The summed E-state index contributed by atoms with van der Waals surface area (Å²) in [4.78, 5) is 22.9. The second kappa shape index (κ2) is 27.5. The van der Waals surface area contributed by atoms with Crippen LogP contribution in [-0.4, -0.2) is 20.9 Å². The van der Waals surface area contributed by atoms with E-state index in [1.165, 1.54) is 117 Å². The Bertz CT molecular complexity index is 4060. The minimum Gasteiger partial charge on any atom is -0.512 e. The molecule has 0 saturated heterocycles. The Kier molecular flexibility index (Phi) is 21.2. The van der Waals surface area contributed by atoms with Crippen LogP contribution in [0.4, 0.5) is 0 Å². The van der Waals surface area contributed by atoms with Gasteiger partial charge in [-0.25, -0.2) is 0 Å². The van der Waals surface area contributed by atoms with E-state index in [2.05, 4.69) is 211 Å². The minimum absolute atomic E-state index is 0. The molecular formula is C80H94IrN2O2S2-2. The van der Waals surface area contributed by atoms with Crippen molar-refractivity contribution in [3.05, 3.63) is 179 Å². The van der Waals surface area contributed by atoms with Gasteiger partial charge in [0.1, 0.15) is 0 Å². The Morgan fingerprint density at radius 3 is 1.59 bits per heavy atom. The zero-order valence-corrected chi connectivity index (χ0v) is 59.1. The van der Waals surface area contributed by atoms with Crippen LogP contribution in [0.5, 0.6) is 0 Å². The first-order valence-corrected chi connectivity index (χ1v) is 33.5. The van der Waals surface area contributed by atoms with E-state index in [0.717, 1.165) is 65.4 Å². The van der Waals surface area contributed by atoms with Gasteiger partial charge in [-0.05, 0) is 150 Å². The fourth-order valence-electron chi connectivity index (χ4n) is 12.9. The van der Waals surface area contributed by atoms with Crippen LogP contribution in [0.25, 0.3) is 84.8 Å². The number of carbonyl (C=O) groups excluding carboxylic acids is 1. The number of rotatable bonds is 12. The van der Waals surface area contributed by atoms with Crippen LogP contribution in [0.3, 0.4) is 0 Å². The molecular weight excluding hydrogens is 1280 g/mol. The molecule has 4 nitrogen and oxygen atoms in total. The maximum absolute atomic E-state index is 11.7. The molecule has 10 aromatic rings. The van der Waals surface area contributed by atoms with Gasteiger partial charge in [-0.2, -0.15) is 0 Å². The van der Waals surface area contributed by atoms with Crippen molar-refractivity contribution in [2.24, 2.45) is 22.7 Å². The van der Waals surface area contributed by atoms with Gasteiger partial charge in [0, 0.05) is 86.2 Å². The van der Waals surface area contributed by atoms with E-state index in [9.17, 15) is 9.90 Å². The number of hydrogen-bond donors (Lipinski definition) is 1. The van der Waals surface area contributed by atoms with Gasteiger partial charge in [0.15, 0.2) is 5.78 Å². The van der Waals surface area contributed by atoms with E-state index in [4.69, 9.17) is 9.97 Å². The summed E-state index contributed by atoms with van der Waals surface area (Å²) in [6, 6.07) is 47.7. The van der Waals surface area contributed by atoms with E-state index in [0.29, 0.717) is 11.3 Å². The molecule has 1 saturated carbocycles. The standard InChI is InChI=1S/C36H38NS.C31H32NS.C13H24O2.Ir/c1-23-29-17-20-37-32(28-21-27-9-7-8-10-30(27)31(22-28)35(2,3)4)34(29)38-33(23)26-13-11-24(12-14-26)25-15-18-36(5,6)19-16-25;1-19-21(18-30(2,3)4)12-13-24-25-14-15-32-27(29(25)33-28(19)24)22-16-20-10-8-9-11-23(20)26(17-22)31(5,6)7;1-5-10(6-2)12(14)9-13(15)11(7-3)8-4;/h7-14,17,20,22,25H,15-16,18-19H2,1-6H3;8-15,17H,18H2,1-7H3;9-11,14H,5-8H2,1-4H3;/q2*-1;;/b;;12-9-;. The fourth-order valence-corrected chi connectivity index (χ4v) is 15.5. The van der Waals surface area contributed by atoms with Gasteiger partial charge in [0.05, 0.1) is 5.76 Å². The van der Waals surface area contributed by atoms with E-state index in [1.807, 2.05) is 62.8 Å². The monoisotopic (exact) mass is 1370 g/mol. The fraction of sp³-hybridized carbons (Fsp3) is 0.412. The molecule has 0 spiro atoms. The zero-order chi connectivity index (χ0) is 62.0. The topological polar surface area (TPSA) is 63.1 Å². The minimum atomic E-state index is 0. The number of aromatic nitrogens is 2. The summed E-state index contributed by atoms with van der Waals surface area (Å²) >= 11 is 3.76. The van der Waals surface area contributed by atoms with Crippen LogP contribution in [-0.2, 0) is 42.2 Å². The Hall–Kier alpha value is -5.82. The summed E-state index contributed by atoms with van der Waals surface area (Å²) in [5.74, 6) is 1.25. The summed E-state index contributed by atoms with van der Waals surface area (Å²) in [5.41, 5.74) is 14.8. The molecule has 11 rings (SSSR count). The molecule has 1 aliphatic carbocycles. The molecule has 7 heteroatoms. The predicted molar refractivity (Wildman–Crippen MR) is 375 cm³/mol. The van der Waals surface area contributed by atoms with Crippen LogP contribution >= 0.6 is 22.7 Å². The number of benzene rings is 6. The second-order valence-electron chi connectivity index (χ2n) is 28.5. The second-order valence-corrected chi connectivity index (χ2v) is 30.6. The van der Waals surface area contributed by atoms with Crippen LogP contribution in [0.15, 0.2) is 133 Å². The summed E-state index contributed by atoms with van der Waals surface area (Å²) in [5, 5.41) is 18.6. The number of allylic oxidation sites excluding steroid dienone is 2. The van der Waals surface area contributed by atoms with Crippen LogP contribution in [0, 0.1) is 48.6 Å².